The highest BCUT2D eigenvalue weighted by atomic mass is 32.1. The van der Waals surface area contributed by atoms with Gasteiger partial charge in [-0.3, -0.25) is 0 Å². The zero-order chi connectivity index (χ0) is 11.8. The van der Waals surface area contributed by atoms with Crippen molar-refractivity contribution >= 4 is 17.0 Å². The van der Waals surface area contributed by atoms with E-state index in [1.165, 1.54) is 16.9 Å². The van der Waals surface area contributed by atoms with Crippen molar-refractivity contribution < 1.29 is 5.11 Å². The minimum atomic E-state index is -0.527. The summed E-state index contributed by atoms with van der Waals surface area (Å²) < 4.78 is 0. The third-order valence-electron chi connectivity index (χ3n) is 3.07. The maximum atomic E-state index is 10.3. The lowest BCUT2D eigenvalue weighted by molar-refractivity contribution is 0.156. The first kappa shape index (κ1) is 10.7. The van der Waals surface area contributed by atoms with Crippen molar-refractivity contribution in [1.82, 2.24) is 4.98 Å². The van der Waals surface area contributed by atoms with E-state index in [1.807, 2.05) is 24.4 Å². The molecule has 1 aliphatic heterocycles. The minimum absolute atomic E-state index is 0.0398. The molecule has 0 saturated carbocycles. The molecule has 17 heavy (non-hydrogen) atoms. The van der Waals surface area contributed by atoms with Crippen LogP contribution in [0.3, 0.4) is 0 Å². The average Bonchev–Trinajstić information content (AvgIpc) is 2.93. The Hall–Kier alpha value is -1.39. The molecule has 1 aliphatic rings. The molecule has 0 fully saturated rings. The van der Waals surface area contributed by atoms with E-state index in [9.17, 15) is 5.11 Å². The van der Waals surface area contributed by atoms with Crippen molar-refractivity contribution in [2.75, 3.05) is 5.32 Å². The van der Waals surface area contributed by atoms with Crippen LogP contribution >= 0.6 is 11.3 Å². The third kappa shape index (κ3) is 1.94. The molecule has 0 bridgehead atoms. The second-order valence-electron chi connectivity index (χ2n) is 4.38. The number of aryl methyl sites for hydroxylation is 1. The number of para-hydroxylation sites is 1. The molecule has 2 atom stereocenters. The molecule has 0 radical (unpaired) electrons. The fourth-order valence-corrected chi connectivity index (χ4v) is 3.04. The van der Waals surface area contributed by atoms with Gasteiger partial charge in [-0.2, -0.15) is 0 Å². The van der Waals surface area contributed by atoms with E-state index in [2.05, 4.69) is 22.4 Å². The van der Waals surface area contributed by atoms with Gasteiger partial charge in [0.1, 0.15) is 11.1 Å². The van der Waals surface area contributed by atoms with Crippen molar-refractivity contribution in [3.8, 4) is 0 Å². The van der Waals surface area contributed by atoms with Gasteiger partial charge in [-0.05, 0) is 25.0 Å². The lowest BCUT2D eigenvalue weighted by atomic mass is 10.1. The summed E-state index contributed by atoms with van der Waals surface area (Å²) in [6, 6.07) is 8.23. The molecule has 0 saturated heterocycles. The van der Waals surface area contributed by atoms with Gasteiger partial charge in [0.2, 0.25) is 0 Å². The number of aliphatic hydroxyl groups excluding tert-OH is 1. The Kier molecular flexibility index (Phi) is 2.61. The van der Waals surface area contributed by atoms with Crippen LogP contribution in [0, 0.1) is 6.92 Å². The van der Waals surface area contributed by atoms with E-state index in [0.29, 0.717) is 0 Å². The summed E-state index contributed by atoms with van der Waals surface area (Å²) in [7, 11) is 0. The van der Waals surface area contributed by atoms with Crippen LogP contribution in [-0.4, -0.2) is 16.1 Å². The van der Waals surface area contributed by atoms with Gasteiger partial charge < -0.3 is 10.4 Å². The Bertz CT molecular complexity index is 513. The second kappa shape index (κ2) is 4.13. The van der Waals surface area contributed by atoms with Gasteiger partial charge in [-0.25, -0.2) is 4.98 Å². The van der Waals surface area contributed by atoms with Gasteiger partial charge in [-0.15, -0.1) is 11.3 Å². The molecule has 1 aromatic heterocycles. The number of aromatic nitrogens is 1. The highest BCUT2D eigenvalue weighted by Crippen LogP contribution is 2.32. The van der Waals surface area contributed by atoms with Crippen molar-refractivity contribution in [2.45, 2.75) is 25.5 Å². The van der Waals surface area contributed by atoms with E-state index in [4.69, 9.17) is 0 Å². The van der Waals surface area contributed by atoms with Crippen LogP contribution in [0.15, 0.2) is 29.6 Å². The number of nitrogens with zero attached hydrogens (tertiary/aromatic N) is 1. The smallest absolute Gasteiger partial charge is 0.126 e. The molecular formula is C13H14N2OS. The van der Waals surface area contributed by atoms with Crippen LogP contribution in [-0.2, 0) is 6.42 Å². The molecule has 2 aromatic rings. The normalized spacial score (nSPS) is 19.8. The summed E-state index contributed by atoms with van der Waals surface area (Å²) in [6.45, 7) is 1.95. The van der Waals surface area contributed by atoms with E-state index < -0.39 is 6.10 Å². The van der Waals surface area contributed by atoms with Crippen LogP contribution in [0.5, 0.6) is 0 Å². The molecule has 88 valence electrons. The van der Waals surface area contributed by atoms with Crippen LogP contribution in [0.4, 0.5) is 5.69 Å². The molecule has 2 unspecified atom stereocenters. The zero-order valence-corrected chi connectivity index (χ0v) is 10.4. The van der Waals surface area contributed by atoms with E-state index in [-0.39, 0.29) is 6.04 Å². The summed E-state index contributed by atoms with van der Waals surface area (Å²) in [4.78, 5) is 4.35. The first-order valence-corrected chi connectivity index (χ1v) is 6.56. The summed E-state index contributed by atoms with van der Waals surface area (Å²) in [5.41, 5.74) is 3.37. The minimum Gasteiger partial charge on any atom is -0.384 e. The molecule has 2 N–H and O–H groups in total. The van der Waals surface area contributed by atoms with E-state index >= 15 is 0 Å². The molecular weight excluding hydrogens is 232 g/mol. The molecule has 4 heteroatoms. The largest absolute Gasteiger partial charge is 0.384 e. The molecule has 2 heterocycles. The van der Waals surface area contributed by atoms with Crippen molar-refractivity contribution in [1.29, 1.82) is 0 Å². The Morgan fingerprint density at radius 3 is 3.00 bits per heavy atom. The molecule has 3 rings (SSSR count). The van der Waals surface area contributed by atoms with Gasteiger partial charge in [-0.1, -0.05) is 18.2 Å². The molecule has 0 spiro atoms. The van der Waals surface area contributed by atoms with Crippen LogP contribution < -0.4 is 5.32 Å². The Morgan fingerprint density at radius 1 is 1.47 bits per heavy atom. The first-order chi connectivity index (χ1) is 8.24. The average molecular weight is 246 g/mol. The van der Waals surface area contributed by atoms with Gasteiger partial charge in [0, 0.05) is 16.8 Å². The quantitative estimate of drug-likeness (QED) is 0.856. The highest BCUT2D eigenvalue weighted by Gasteiger charge is 2.29. The van der Waals surface area contributed by atoms with Gasteiger partial charge in [0.15, 0.2) is 0 Å². The SMILES string of the molecule is Cc1csc(C(O)C2Cc3ccccc3N2)n1. The molecule has 3 nitrogen and oxygen atoms in total. The Labute approximate surface area is 104 Å². The zero-order valence-electron chi connectivity index (χ0n) is 9.55. The summed E-state index contributed by atoms with van der Waals surface area (Å²) in [5, 5.41) is 16.4. The highest BCUT2D eigenvalue weighted by molar-refractivity contribution is 7.09. The number of anilines is 1. The fourth-order valence-electron chi connectivity index (χ4n) is 2.20. The van der Waals surface area contributed by atoms with Gasteiger partial charge >= 0.3 is 0 Å². The first-order valence-electron chi connectivity index (χ1n) is 5.68. The summed E-state index contributed by atoms with van der Waals surface area (Å²) >= 11 is 1.52. The van der Waals surface area contributed by atoms with Crippen LogP contribution in [0.1, 0.15) is 22.4 Å². The Morgan fingerprint density at radius 2 is 2.29 bits per heavy atom. The monoisotopic (exact) mass is 246 g/mol. The topological polar surface area (TPSA) is 45.1 Å². The lowest BCUT2D eigenvalue weighted by Gasteiger charge is -2.16. The standard InChI is InChI=1S/C13H14N2OS/c1-8-7-17-13(14-8)12(16)11-6-9-4-2-3-5-10(9)15-11/h2-5,7,11-12,15-16H,6H2,1H3. The van der Waals surface area contributed by atoms with E-state index in [0.717, 1.165) is 22.8 Å². The lowest BCUT2D eigenvalue weighted by Crippen LogP contribution is -2.24. The maximum Gasteiger partial charge on any atom is 0.126 e. The fraction of sp³-hybridized carbons (Fsp3) is 0.308. The maximum absolute atomic E-state index is 10.3. The number of nitrogens with one attached hydrogen (secondary N) is 1. The van der Waals surface area contributed by atoms with Gasteiger partial charge in [0.25, 0.3) is 0 Å². The molecule has 0 aliphatic carbocycles. The van der Waals surface area contributed by atoms with Crippen molar-refractivity contribution in [3.05, 3.63) is 45.9 Å². The number of thiazole rings is 1. The summed E-state index contributed by atoms with van der Waals surface area (Å²) in [5.74, 6) is 0. The predicted molar refractivity (Wildman–Crippen MR) is 69.4 cm³/mol. The molecule has 0 amide bonds. The number of fused-ring (bicyclic) bond motifs is 1. The number of rotatable bonds is 2. The summed E-state index contributed by atoms with van der Waals surface area (Å²) in [6.07, 6.45) is 0.330. The number of hydrogen-bond acceptors (Lipinski definition) is 4. The molecule has 1 aromatic carbocycles. The van der Waals surface area contributed by atoms with Crippen molar-refractivity contribution in [2.24, 2.45) is 0 Å². The number of hydrogen-bond donors (Lipinski definition) is 2. The van der Waals surface area contributed by atoms with Gasteiger partial charge in [0.05, 0.1) is 6.04 Å². The Balaban J connectivity index is 1.80. The van der Waals surface area contributed by atoms with Crippen LogP contribution in [0.2, 0.25) is 0 Å². The van der Waals surface area contributed by atoms with Crippen molar-refractivity contribution in [3.63, 3.8) is 0 Å². The second-order valence-corrected chi connectivity index (χ2v) is 5.27. The number of aliphatic hydroxyl groups is 1. The number of benzene rings is 1. The van der Waals surface area contributed by atoms with E-state index in [1.54, 1.807) is 0 Å². The third-order valence-corrected chi connectivity index (χ3v) is 4.10. The predicted octanol–water partition coefficient (Wildman–Crippen LogP) is 2.52. The van der Waals surface area contributed by atoms with Crippen LogP contribution in [0.25, 0.3) is 0 Å².